The quantitative estimate of drug-likeness (QED) is 0.509. The van der Waals surface area contributed by atoms with Gasteiger partial charge in [-0.05, 0) is 12.5 Å². The van der Waals surface area contributed by atoms with Crippen molar-refractivity contribution in [3.63, 3.8) is 0 Å². The molecule has 0 unspecified atom stereocenters. The van der Waals surface area contributed by atoms with Crippen molar-refractivity contribution in [1.29, 1.82) is 0 Å². The first kappa shape index (κ1) is 15.9. The van der Waals surface area contributed by atoms with Crippen molar-refractivity contribution in [1.82, 2.24) is 0 Å². The fraction of sp³-hybridized carbons (Fsp3) is 0.583. The van der Waals surface area contributed by atoms with Gasteiger partial charge in [-0.2, -0.15) is 0 Å². The van der Waals surface area contributed by atoms with E-state index in [1.165, 1.54) is 11.3 Å². The normalized spacial score (nSPS) is 10.8. The number of halogens is 2. The van der Waals surface area contributed by atoms with E-state index in [2.05, 4.69) is 6.92 Å². The molecule has 0 aliphatic rings. The van der Waals surface area contributed by atoms with Gasteiger partial charge >= 0.3 is 0 Å². The molecular formula is C12H16Cl2O3S. The second kappa shape index (κ2) is 8.88. The summed E-state index contributed by atoms with van der Waals surface area (Å²) in [5.74, 6) is -0.156. The van der Waals surface area contributed by atoms with Gasteiger partial charge in [0.25, 0.3) is 0 Å². The minimum Gasteiger partial charge on any atom is -0.379 e. The molecule has 0 aliphatic carbocycles. The highest BCUT2D eigenvalue weighted by Gasteiger charge is 2.13. The molecule has 0 radical (unpaired) electrons. The molecule has 1 heterocycles. The first-order valence-corrected chi connectivity index (χ1v) is 7.36. The Bertz CT molecular complexity index is 379. The summed E-state index contributed by atoms with van der Waals surface area (Å²) in [6.45, 7) is 3.76. The molecule has 0 spiro atoms. The van der Waals surface area contributed by atoms with E-state index < -0.39 is 0 Å². The first-order valence-electron chi connectivity index (χ1n) is 5.78. The van der Waals surface area contributed by atoms with Gasteiger partial charge in [0.2, 0.25) is 0 Å². The molecule has 1 rings (SSSR count). The van der Waals surface area contributed by atoms with Crippen LogP contribution in [0.25, 0.3) is 0 Å². The topological polar surface area (TPSA) is 35.5 Å². The largest absolute Gasteiger partial charge is 0.379 e. The summed E-state index contributed by atoms with van der Waals surface area (Å²) in [6, 6.07) is 1.57. The van der Waals surface area contributed by atoms with Crippen LogP contribution >= 0.6 is 34.5 Å². The van der Waals surface area contributed by atoms with E-state index in [9.17, 15) is 4.79 Å². The van der Waals surface area contributed by atoms with Gasteiger partial charge in [-0.3, -0.25) is 4.79 Å². The van der Waals surface area contributed by atoms with Crippen molar-refractivity contribution >= 4 is 40.3 Å². The van der Waals surface area contributed by atoms with E-state index in [1.807, 2.05) is 0 Å². The van der Waals surface area contributed by atoms with E-state index in [1.54, 1.807) is 6.07 Å². The van der Waals surface area contributed by atoms with Crippen molar-refractivity contribution in [2.45, 2.75) is 19.8 Å². The van der Waals surface area contributed by atoms with Crippen molar-refractivity contribution in [2.75, 3.05) is 26.4 Å². The number of hydrogen-bond donors (Lipinski definition) is 0. The molecular weight excluding hydrogens is 295 g/mol. The molecule has 0 amide bonds. The van der Waals surface area contributed by atoms with E-state index in [0.29, 0.717) is 27.4 Å². The third-order valence-electron chi connectivity index (χ3n) is 2.20. The molecule has 0 atom stereocenters. The number of carbonyl (C=O) groups is 1. The maximum atomic E-state index is 11.7. The molecule has 0 aromatic carbocycles. The molecule has 1 aromatic heterocycles. The number of unbranched alkanes of at least 4 members (excludes halogenated alkanes) is 1. The summed E-state index contributed by atoms with van der Waals surface area (Å²) in [7, 11) is 0. The van der Waals surface area contributed by atoms with Gasteiger partial charge in [-0.1, -0.05) is 36.5 Å². The van der Waals surface area contributed by atoms with Crippen LogP contribution in [0.15, 0.2) is 6.07 Å². The van der Waals surface area contributed by atoms with E-state index in [4.69, 9.17) is 32.7 Å². The highest BCUT2D eigenvalue weighted by molar-refractivity contribution is 7.20. The van der Waals surface area contributed by atoms with E-state index >= 15 is 0 Å². The second-order valence-electron chi connectivity index (χ2n) is 3.68. The summed E-state index contributed by atoms with van der Waals surface area (Å²) in [6.07, 6.45) is 2.15. The van der Waals surface area contributed by atoms with E-state index in [0.717, 1.165) is 19.4 Å². The Balaban J connectivity index is 2.16. The number of ether oxygens (including phenoxy) is 2. The van der Waals surface area contributed by atoms with Gasteiger partial charge in [0.1, 0.15) is 10.9 Å². The Labute approximate surface area is 121 Å². The Morgan fingerprint density at radius 1 is 1.28 bits per heavy atom. The summed E-state index contributed by atoms with van der Waals surface area (Å²) >= 11 is 12.8. The number of thiophene rings is 1. The average molecular weight is 311 g/mol. The fourth-order valence-corrected chi connectivity index (χ4v) is 2.74. The Kier molecular flexibility index (Phi) is 7.86. The van der Waals surface area contributed by atoms with Gasteiger partial charge in [-0.15, -0.1) is 11.3 Å². The lowest BCUT2D eigenvalue weighted by Crippen LogP contribution is -2.12. The molecule has 0 saturated heterocycles. The SMILES string of the molecule is CCCCOCCOCC(=O)c1cc(Cl)sc1Cl. The summed E-state index contributed by atoms with van der Waals surface area (Å²) in [5.41, 5.74) is 0.429. The highest BCUT2D eigenvalue weighted by atomic mass is 35.5. The second-order valence-corrected chi connectivity index (χ2v) is 5.97. The zero-order valence-corrected chi connectivity index (χ0v) is 12.5. The predicted molar refractivity (Wildman–Crippen MR) is 75.2 cm³/mol. The average Bonchev–Trinajstić information content (AvgIpc) is 2.67. The van der Waals surface area contributed by atoms with Gasteiger partial charge in [-0.25, -0.2) is 0 Å². The van der Waals surface area contributed by atoms with Gasteiger partial charge in [0.15, 0.2) is 5.78 Å². The molecule has 1 aromatic rings. The number of carbonyl (C=O) groups excluding carboxylic acids is 1. The standard InChI is InChI=1S/C12H16Cl2O3S/c1-2-3-4-16-5-6-17-8-10(15)9-7-11(13)18-12(9)14/h7H,2-6,8H2,1H3. The lowest BCUT2D eigenvalue weighted by Gasteiger charge is -2.04. The monoisotopic (exact) mass is 310 g/mol. The maximum Gasteiger partial charge on any atom is 0.190 e. The Morgan fingerprint density at radius 2 is 2.00 bits per heavy atom. The van der Waals surface area contributed by atoms with Crippen LogP contribution in [0.2, 0.25) is 8.67 Å². The van der Waals surface area contributed by atoms with Crippen LogP contribution in [0.4, 0.5) is 0 Å². The first-order chi connectivity index (χ1) is 8.65. The van der Waals surface area contributed by atoms with Crippen LogP contribution in [-0.4, -0.2) is 32.2 Å². The molecule has 102 valence electrons. The molecule has 0 aliphatic heterocycles. The van der Waals surface area contributed by atoms with Gasteiger partial charge < -0.3 is 9.47 Å². The van der Waals surface area contributed by atoms with Crippen LogP contribution in [-0.2, 0) is 9.47 Å². The van der Waals surface area contributed by atoms with Crippen LogP contribution in [0.1, 0.15) is 30.1 Å². The van der Waals surface area contributed by atoms with Crippen molar-refractivity contribution in [3.8, 4) is 0 Å². The molecule has 0 fully saturated rings. The van der Waals surface area contributed by atoms with Crippen molar-refractivity contribution in [3.05, 3.63) is 20.3 Å². The fourth-order valence-electron chi connectivity index (χ4n) is 1.24. The number of rotatable bonds is 9. The molecule has 3 nitrogen and oxygen atoms in total. The molecule has 6 heteroatoms. The zero-order chi connectivity index (χ0) is 13.4. The number of hydrogen-bond acceptors (Lipinski definition) is 4. The van der Waals surface area contributed by atoms with E-state index in [-0.39, 0.29) is 12.4 Å². The number of Topliss-reactive ketones (excluding diaryl/α,β-unsaturated/α-hetero) is 1. The highest BCUT2D eigenvalue weighted by Crippen LogP contribution is 2.31. The lowest BCUT2D eigenvalue weighted by atomic mass is 10.2. The smallest absolute Gasteiger partial charge is 0.190 e. The molecule has 0 saturated carbocycles. The van der Waals surface area contributed by atoms with Gasteiger partial charge in [0, 0.05) is 6.61 Å². The Hall–Kier alpha value is -0.130. The molecule has 18 heavy (non-hydrogen) atoms. The Morgan fingerprint density at radius 3 is 2.61 bits per heavy atom. The lowest BCUT2D eigenvalue weighted by molar-refractivity contribution is 0.0433. The minimum absolute atomic E-state index is 0.00389. The van der Waals surface area contributed by atoms with Crippen LogP contribution in [0.3, 0.4) is 0 Å². The van der Waals surface area contributed by atoms with Crippen molar-refractivity contribution in [2.24, 2.45) is 0 Å². The summed E-state index contributed by atoms with van der Waals surface area (Å²) in [5, 5.41) is 0. The van der Waals surface area contributed by atoms with Crippen LogP contribution in [0, 0.1) is 0 Å². The minimum atomic E-state index is -0.156. The molecule has 0 N–H and O–H groups in total. The third-order valence-corrected chi connectivity index (χ3v) is 3.69. The predicted octanol–water partition coefficient (Wildman–Crippen LogP) is 4.07. The summed E-state index contributed by atoms with van der Waals surface area (Å²) in [4.78, 5) is 11.7. The van der Waals surface area contributed by atoms with Crippen molar-refractivity contribution < 1.29 is 14.3 Å². The van der Waals surface area contributed by atoms with Crippen LogP contribution < -0.4 is 0 Å². The van der Waals surface area contributed by atoms with Gasteiger partial charge in [0.05, 0.1) is 23.1 Å². The zero-order valence-electron chi connectivity index (χ0n) is 10.2. The third kappa shape index (κ3) is 5.67. The maximum absolute atomic E-state index is 11.7. The van der Waals surface area contributed by atoms with Crippen LogP contribution in [0.5, 0.6) is 0 Å². The summed E-state index contributed by atoms with van der Waals surface area (Å²) < 4.78 is 11.4. The number of ketones is 1. The molecule has 0 bridgehead atoms.